The first kappa shape index (κ1) is 16.7. The van der Waals surface area contributed by atoms with E-state index in [1.54, 1.807) is 6.07 Å². The maximum absolute atomic E-state index is 12.3. The molecule has 0 heterocycles. The SMILES string of the molecule is COc1ccc(CO)c(NS(=O)(=O)c2ccc([N+](=O)[O-])cc2)c1. The smallest absolute Gasteiger partial charge is 0.269 e. The molecule has 2 rings (SSSR count). The van der Waals surface area contributed by atoms with Crippen LogP contribution in [0.25, 0.3) is 0 Å². The van der Waals surface area contributed by atoms with E-state index in [1.165, 1.54) is 19.2 Å². The number of methoxy groups -OCH3 is 1. The number of anilines is 1. The summed E-state index contributed by atoms with van der Waals surface area (Å²) in [5.41, 5.74) is 0.336. The second-order valence-electron chi connectivity index (χ2n) is 4.54. The third-order valence-corrected chi connectivity index (χ3v) is 4.47. The van der Waals surface area contributed by atoms with Crippen LogP contribution in [-0.2, 0) is 16.6 Å². The highest BCUT2D eigenvalue weighted by atomic mass is 32.2. The van der Waals surface area contributed by atoms with Gasteiger partial charge in [0, 0.05) is 23.8 Å². The molecule has 0 atom stereocenters. The molecule has 2 aromatic rings. The molecule has 0 spiro atoms. The number of nitrogens with one attached hydrogen (secondary N) is 1. The minimum atomic E-state index is -3.95. The number of sulfonamides is 1. The average Bonchev–Trinajstić information content (AvgIpc) is 2.54. The van der Waals surface area contributed by atoms with E-state index in [-0.39, 0.29) is 22.9 Å². The summed E-state index contributed by atoms with van der Waals surface area (Å²) in [5, 5.41) is 19.9. The lowest BCUT2D eigenvalue weighted by Crippen LogP contribution is -2.14. The Bertz CT molecular complexity index is 818. The van der Waals surface area contributed by atoms with Crippen molar-refractivity contribution in [3.63, 3.8) is 0 Å². The Morgan fingerprint density at radius 3 is 2.39 bits per heavy atom. The predicted octanol–water partition coefficient (Wildman–Crippen LogP) is 1.90. The van der Waals surface area contributed by atoms with Crippen molar-refractivity contribution in [1.29, 1.82) is 0 Å². The quantitative estimate of drug-likeness (QED) is 0.613. The molecule has 0 aromatic heterocycles. The lowest BCUT2D eigenvalue weighted by Gasteiger charge is -2.12. The zero-order chi connectivity index (χ0) is 17.0. The summed E-state index contributed by atoms with van der Waals surface area (Å²) in [5.74, 6) is 0.420. The van der Waals surface area contributed by atoms with Crippen LogP contribution >= 0.6 is 0 Å². The van der Waals surface area contributed by atoms with Gasteiger partial charge in [-0.15, -0.1) is 0 Å². The summed E-state index contributed by atoms with van der Waals surface area (Å²) in [4.78, 5) is 9.86. The van der Waals surface area contributed by atoms with Crippen LogP contribution in [0.3, 0.4) is 0 Å². The Morgan fingerprint density at radius 2 is 1.87 bits per heavy atom. The van der Waals surface area contributed by atoms with Gasteiger partial charge in [0.1, 0.15) is 5.75 Å². The first-order chi connectivity index (χ1) is 10.9. The second-order valence-corrected chi connectivity index (χ2v) is 6.22. The van der Waals surface area contributed by atoms with Crippen molar-refractivity contribution in [3.05, 3.63) is 58.1 Å². The largest absolute Gasteiger partial charge is 0.497 e. The fraction of sp³-hybridized carbons (Fsp3) is 0.143. The molecule has 0 radical (unpaired) electrons. The minimum Gasteiger partial charge on any atom is -0.497 e. The van der Waals surface area contributed by atoms with Gasteiger partial charge in [0.25, 0.3) is 15.7 Å². The van der Waals surface area contributed by atoms with Crippen LogP contribution in [0.1, 0.15) is 5.56 Å². The van der Waals surface area contributed by atoms with Crippen LogP contribution < -0.4 is 9.46 Å². The van der Waals surface area contributed by atoms with Crippen LogP contribution in [0, 0.1) is 10.1 Å². The normalized spacial score (nSPS) is 11.0. The number of non-ortho nitro benzene ring substituents is 1. The highest BCUT2D eigenvalue weighted by Gasteiger charge is 2.18. The van der Waals surface area contributed by atoms with Crippen LogP contribution in [0.2, 0.25) is 0 Å². The number of ether oxygens (including phenoxy) is 1. The second kappa shape index (κ2) is 6.63. The van der Waals surface area contributed by atoms with Crippen molar-refractivity contribution in [1.82, 2.24) is 0 Å². The van der Waals surface area contributed by atoms with Crippen LogP contribution in [0.4, 0.5) is 11.4 Å². The Hall–Kier alpha value is -2.65. The van der Waals surface area contributed by atoms with E-state index in [1.807, 2.05) is 0 Å². The number of rotatable bonds is 6. The number of benzene rings is 2. The standard InChI is InChI=1S/C14H14N2O6S/c1-22-12-5-2-10(9-17)14(8-12)15-23(20,21)13-6-3-11(4-7-13)16(18)19/h2-8,15,17H,9H2,1H3. The van der Waals surface area contributed by atoms with Crippen molar-refractivity contribution in [2.75, 3.05) is 11.8 Å². The Balaban J connectivity index is 2.36. The number of nitro groups is 1. The van der Waals surface area contributed by atoms with E-state index in [0.717, 1.165) is 24.3 Å². The number of aliphatic hydroxyl groups excluding tert-OH is 1. The number of hydrogen-bond donors (Lipinski definition) is 2. The molecule has 0 saturated heterocycles. The van der Waals surface area contributed by atoms with Crippen molar-refractivity contribution < 1.29 is 23.2 Å². The van der Waals surface area contributed by atoms with Crippen LogP contribution in [0.5, 0.6) is 5.75 Å². The van der Waals surface area contributed by atoms with Crippen molar-refractivity contribution in [3.8, 4) is 5.75 Å². The molecule has 122 valence electrons. The molecule has 8 nitrogen and oxygen atoms in total. The van der Waals surface area contributed by atoms with Gasteiger partial charge in [-0.1, -0.05) is 6.07 Å². The zero-order valence-electron chi connectivity index (χ0n) is 12.1. The molecule has 0 aliphatic rings. The molecule has 2 N–H and O–H groups in total. The molecule has 0 bridgehead atoms. The molecule has 0 fully saturated rings. The third kappa shape index (κ3) is 3.76. The van der Waals surface area contributed by atoms with Gasteiger partial charge in [-0.2, -0.15) is 0 Å². The van der Waals surface area contributed by atoms with E-state index < -0.39 is 14.9 Å². The van der Waals surface area contributed by atoms with E-state index in [0.29, 0.717) is 11.3 Å². The summed E-state index contributed by atoms with van der Waals surface area (Å²) in [6.07, 6.45) is 0. The molecule has 0 aliphatic carbocycles. The van der Waals surface area contributed by atoms with Crippen LogP contribution in [-0.4, -0.2) is 25.6 Å². The summed E-state index contributed by atoms with van der Waals surface area (Å²) in [6.45, 7) is -0.359. The third-order valence-electron chi connectivity index (χ3n) is 3.09. The molecule has 0 saturated carbocycles. The first-order valence-electron chi connectivity index (χ1n) is 6.42. The predicted molar refractivity (Wildman–Crippen MR) is 82.8 cm³/mol. The summed E-state index contributed by atoms with van der Waals surface area (Å²) < 4.78 is 32.1. The van der Waals surface area contributed by atoms with E-state index in [9.17, 15) is 23.6 Å². The summed E-state index contributed by atoms with van der Waals surface area (Å²) in [6, 6.07) is 9.05. The van der Waals surface area contributed by atoms with Crippen LogP contribution in [0.15, 0.2) is 47.4 Å². The maximum atomic E-state index is 12.3. The fourth-order valence-corrected chi connectivity index (χ4v) is 2.96. The Morgan fingerprint density at radius 1 is 1.22 bits per heavy atom. The molecular formula is C14H14N2O6S. The summed E-state index contributed by atoms with van der Waals surface area (Å²) in [7, 11) is -2.52. The molecule has 0 unspecified atom stereocenters. The molecule has 2 aromatic carbocycles. The molecule has 0 aliphatic heterocycles. The number of aliphatic hydroxyl groups is 1. The van der Waals surface area contributed by atoms with Gasteiger partial charge in [-0.25, -0.2) is 8.42 Å². The number of hydrogen-bond acceptors (Lipinski definition) is 6. The van der Waals surface area contributed by atoms with Gasteiger partial charge >= 0.3 is 0 Å². The molecule has 0 amide bonds. The van der Waals surface area contributed by atoms with E-state index in [4.69, 9.17) is 4.74 Å². The van der Waals surface area contributed by atoms with E-state index in [2.05, 4.69) is 4.72 Å². The van der Waals surface area contributed by atoms with Gasteiger partial charge in [0.05, 0.1) is 29.2 Å². The van der Waals surface area contributed by atoms with Gasteiger partial charge < -0.3 is 9.84 Å². The summed E-state index contributed by atoms with van der Waals surface area (Å²) >= 11 is 0. The van der Waals surface area contributed by atoms with Crippen molar-refractivity contribution in [2.45, 2.75) is 11.5 Å². The lowest BCUT2D eigenvalue weighted by molar-refractivity contribution is -0.384. The molecule has 23 heavy (non-hydrogen) atoms. The highest BCUT2D eigenvalue weighted by molar-refractivity contribution is 7.92. The number of nitro benzene ring substituents is 1. The average molecular weight is 338 g/mol. The first-order valence-corrected chi connectivity index (χ1v) is 7.91. The topological polar surface area (TPSA) is 119 Å². The lowest BCUT2D eigenvalue weighted by atomic mass is 10.2. The minimum absolute atomic E-state index is 0.130. The maximum Gasteiger partial charge on any atom is 0.269 e. The Kier molecular flexibility index (Phi) is 4.82. The fourth-order valence-electron chi connectivity index (χ4n) is 1.87. The van der Waals surface area contributed by atoms with Crippen molar-refractivity contribution in [2.24, 2.45) is 0 Å². The van der Waals surface area contributed by atoms with Gasteiger partial charge in [0.2, 0.25) is 0 Å². The number of nitrogens with zero attached hydrogens (tertiary/aromatic N) is 1. The molecular weight excluding hydrogens is 324 g/mol. The zero-order valence-corrected chi connectivity index (χ0v) is 12.9. The van der Waals surface area contributed by atoms with Gasteiger partial charge in [-0.05, 0) is 18.2 Å². The van der Waals surface area contributed by atoms with Crippen molar-refractivity contribution >= 4 is 21.4 Å². The van der Waals surface area contributed by atoms with Gasteiger partial charge in [-0.3, -0.25) is 14.8 Å². The molecule has 9 heteroatoms. The van der Waals surface area contributed by atoms with E-state index >= 15 is 0 Å². The Labute approximate surface area is 132 Å². The monoisotopic (exact) mass is 338 g/mol. The highest BCUT2D eigenvalue weighted by Crippen LogP contribution is 2.26. The van der Waals surface area contributed by atoms with Gasteiger partial charge in [0.15, 0.2) is 0 Å².